The summed E-state index contributed by atoms with van der Waals surface area (Å²) in [6, 6.07) is 5.97. The molecule has 0 aliphatic rings. The van der Waals surface area contributed by atoms with Gasteiger partial charge in [-0.3, -0.25) is 4.40 Å². The van der Waals surface area contributed by atoms with Crippen LogP contribution in [0.15, 0.2) is 22.8 Å². The third kappa shape index (κ3) is 0.959. The van der Waals surface area contributed by atoms with E-state index in [1.165, 1.54) is 0 Å². The zero-order valence-electron chi connectivity index (χ0n) is 6.00. The van der Waals surface area contributed by atoms with Crippen LogP contribution in [-0.4, -0.2) is 9.38 Å². The van der Waals surface area contributed by atoms with Crippen LogP contribution in [0.3, 0.4) is 0 Å². The predicted molar refractivity (Wildman–Crippen MR) is 46.5 cm³/mol. The average Bonchev–Trinajstić information content (AvgIpc) is 2.34. The van der Waals surface area contributed by atoms with Gasteiger partial charge in [0.15, 0.2) is 0 Å². The number of hydrogen-bond donors (Lipinski definition) is 0. The van der Waals surface area contributed by atoms with Crippen molar-refractivity contribution in [1.29, 1.82) is 0 Å². The number of halogens is 1. The first kappa shape index (κ1) is 6.85. The molecule has 2 rings (SSSR count). The van der Waals surface area contributed by atoms with Crippen LogP contribution in [0.1, 0.15) is 5.69 Å². The average molecular weight is 210 g/mol. The van der Waals surface area contributed by atoms with E-state index >= 15 is 0 Å². The fraction of sp³-hybridized carbons (Fsp3) is 0.125. The van der Waals surface area contributed by atoms with E-state index in [0.717, 1.165) is 15.9 Å². The summed E-state index contributed by atoms with van der Waals surface area (Å²) in [5, 5.41) is 0. The van der Waals surface area contributed by atoms with Gasteiger partial charge in [-0.1, -0.05) is 6.07 Å². The minimum atomic E-state index is 0.880. The van der Waals surface area contributed by atoms with Gasteiger partial charge in [-0.05, 0) is 35.0 Å². The maximum Gasteiger partial charge on any atom is 0.138 e. The monoisotopic (exact) mass is 209 g/mol. The molecule has 0 atom stereocenters. The maximum absolute atomic E-state index is 4.07. The molecular formula is C8H6BrN2. The molecule has 0 bridgehead atoms. The number of aromatic nitrogens is 2. The molecule has 2 aromatic heterocycles. The summed E-state index contributed by atoms with van der Waals surface area (Å²) in [5.41, 5.74) is 2.08. The molecule has 11 heavy (non-hydrogen) atoms. The molecule has 55 valence electrons. The highest BCUT2D eigenvalue weighted by Gasteiger charge is 2.00. The number of nitrogens with zero attached hydrogens (tertiary/aromatic N) is 2. The summed E-state index contributed by atoms with van der Waals surface area (Å²) >= 11 is 3.36. The number of hydrogen-bond acceptors (Lipinski definition) is 1. The highest BCUT2D eigenvalue weighted by Crippen LogP contribution is 2.13. The van der Waals surface area contributed by atoms with E-state index in [1.54, 1.807) is 0 Å². The summed E-state index contributed by atoms with van der Waals surface area (Å²) in [4.78, 5) is 4.07. The highest BCUT2D eigenvalue weighted by atomic mass is 79.9. The van der Waals surface area contributed by atoms with Gasteiger partial charge in [0, 0.05) is 5.69 Å². The van der Waals surface area contributed by atoms with Crippen molar-refractivity contribution in [3.05, 3.63) is 34.7 Å². The lowest BCUT2D eigenvalue weighted by Crippen LogP contribution is -1.89. The molecule has 1 radical (unpaired) electrons. The zero-order valence-corrected chi connectivity index (χ0v) is 7.59. The fourth-order valence-corrected chi connectivity index (χ4v) is 1.65. The summed E-state index contributed by atoms with van der Waals surface area (Å²) in [5.74, 6) is 0. The molecule has 2 aromatic rings. The summed E-state index contributed by atoms with van der Waals surface area (Å²) in [7, 11) is 0. The van der Waals surface area contributed by atoms with E-state index in [9.17, 15) is 0 Å². The zero-order chi connectivity index (χ0) is 7.84. The van der Waals surface area contributed by atoms with Gasteiger partial charge < -0.3 is 0 Å². The second-order valence-electron chi connectivity index (χ2n) is 2.38. The lowest BCUT2D eigenvalue weighted by atomic mass is 10.4. The SMILES string of the molecule is Cc1cccc2n[c]c(Br)n12. The van der Waals surface area contributed by atoms with E-state index in [-0.39, 0.29) is 0 Å². The molecule has 2 nitrogen and oxygen atoms in total. The van der Waals surface area contributed by atoms with Crippen molar-refractivity contribution < 1.29 is 0 Å². The molecule has 0 aliphatic heterocycles. The smallest absolute Gasteiger partial charge is 0.138 e. The number of pyridine rings is 1. The van der Waals surface area contributed by atoms with E-state index in [4.69, 9.17) is 0 Å². The molecule has 0 aromatic carbocycles. The van der Waals surface area contributed by atoms with Crippen LogP contribution in [0, 0.1) is 13.1 Å². The van der Waals surface area contributed by atoms with Crippen molar-refractivity contribution in [2.45, 2.75) is 6.92 Å². The van der Waals surface area contributed by atoms with Gasteiger partial charge in [0.2, 0.25) is 0 Å². The Kier molecular flexibility index (Phi) is 1.46. The Hall–Kier alpha value is -0.830. The van der Waals surface area contributed by atoms with Gasteiger partial charge in [-0.25, -0.2) is 4.98 Å². The molecule has 0 spiro atoms. The van der Waals surface area contributed by atoms with Gasteiger partial charge in [0.25, 0.3) is 0 Å². The lowest BCUT2D eigenvalue weighted by Gasteiger charge is -1.98. The Morgan fingerprint density at radius 1 is 1.55 bits per heavy atom. The van der Waals surface area contributed by atoms with Crippen molar-refractivity contribution in [3.8, 4) is 0 Å². The molecule has 0 aliphatic carbocycles. The first-order valence-electron chi connectivity index (χ1n) is 3.30. The quantitative estimate of drug-likeness (QED) is 0.651. The van der Waals surface area contributed by atoms with Gasteiger partial charge in [-0.15, -0.1) is 0 Å². The Labute approximate surface area is 73.0 Å². The summed E-state index contributed by atoms with van der Waals surface area (Å²) in [6.07, 6.45) is 2.85. The number of aryl methyl sites for hydroxylation is 1. The van der Waals surface area contributed by atoms with Crippen molar-refractivity contribution >= 4 is 21.6 Å². The molecule has 3 heteroatoms. The molecular weight excluding hydrogens is 204 g/mol. The number of imidazole rings is 1. The van der Waals surface area contributed by atoms with Crippen LogP contribution in [-0.2, 0) is 0 Å². The Morgan fingerprint density at radius 2 is 2.36 bits per heavy atom. The second-order valence-corrected chi connectivity index (χ2v) is 3.13. The predicted octanol–water partition coefficient (Wildman–Crippen LogP) is 2.21. The molecule has 0 amide bonds. The summed E-state index contributed by atoms with van der Waals surface area (Å²) in [6.45, 7) is 2.04. The number of rotatable bonds is 0. The topological polar surface area (TPSA) is 17.3 Å². The Morgan fingerprint density at radius 3 is 3.09 bits per heavy atom. The van der Waals surface area contributed by atoms with E-state index < -0.39 is 0 Å². The van der Waals surface area contributed by atoms with E-state index in [0.29, 0.717) is 0 Å². The summed E-state index contributed by atoms with van der Waals surface area (Å²) < 4.78 is 2.88. The van der Waals surface area contributed by atoms with Crippen LogP contribution >= 0.6 is 15.9 Å². The van der Waals surface area contributed by atoms with Crippen LogP contribution in [0.25, 0.3) is 5.65 Å². The minimum absolute atomic E-state index is 0.880. The van der Waals surface area contributed by atoms with Gasteiger partial charge >= 0.3 is 0 Å². The standard InChI is InChI=1S/C8H6BrN2/c1-6-3-2-4-8-10-5-7(9)11(6)8/h2-4H,1H3. The van der Waals surface area contributed by atoms with Crippen LogP contribution in [0.4, 0.5) is 0 Å². The largest absolute Gasteiger partial charge is 0.291 e. The first-order chi connectivity index (χ1) is 5.29. The minimum Gasteiger partial charge on any atom is -0.291 e. The van der Waals surface area contributed by atoms with Crippen molar-refractivity contribution in [3.63, 3.8) is 0 Å². The van der Waals surface area contributed by atoms with Crippen molar-refractivity contribution in [2.24, 2.45) is 0 Å². The Bertz CT molecular complexity index is 392. The fourth-order valence-electron chi connectivity index (χ4n) is 1.10. The molecule has 0 saturated carbocycles. The lowest BCUT2D eigenvalue weighted by molar-refractivity contribution is 1.07. The van der Waals surface area contributed by atoms with Gasteiger partial charge in [0.1, 0.15) is 16.4 Å². The van der Waals surface area contributed by atoms with Crippen LogP contribution in [0.5, 0.6) is 0 Å². The third-order valence-corrected chi connectivity index (χ3v) is 2.16. The second kappa shape index (κ2) is 2.34. The molecule has 2 heterocycles. The first-order valence-corrected chi connectivity index (χ1v) is 4.09. The van der Waals surface area contributed by atoms with Crippen molar-refractivity contribution in [2.75, 3.05) is 0 Å². The van der Waals surface area contributed by atoms with Crippen LogP contribution in [0.2, 0.25) is 0 Å². The third-order valence-electron chi connectivity index (χ3n) is 1.62. The normalized spacial score (nSPS) is 10.7. The number of fused-ring (bicyclic) bond motifs is 1. The molecule has 0 N–H and O–H groups in total. The Balaban J connectivity index is 2.96. The highest BCUT2D eigenvalue weighted by molar-refractivity contribution is 9.10. The molecule has 0 saturated heterocycles. The maximum atomic E-state index is 4.07. The van der Waals surface area contributed by atoms with Crippen molar-refractivity contribution in [1.82, 2.24) is 9.38 Å². The molecule has 0 unspecified atom stereocenters. The van der Waals surface area contributed by atoms with E-state index in [2.05, 4.69) is 27.1 Å². The van der Waals surface area contributed by atoms with E-state index in [1.807, 2.05) is 29.5 Å². The van der Waals surface area contributed by atoms with Gasteiger partial charge in [0.05, 0.1) is 0 Å². The van der Waals surface area contributed by atoms with Crippen LogP contribution < -0.4 is 0 Å². The van der Waals surface area contributed by atoms with Gasteiger partial charge in [-0.2, -0.15) is 0 Å². The molecule has 0 fully saturated rings.